The first-order valence-corrected chi connectivity index (χ1v) is 17.0. The van der Waals surface area contributed by atoms with Crippen LogP contribution in [0.4, 0.5) is 0 Å². The molecule has 0 bridgehead atoms. The van der Waals surface area contributed by atoms with Crippen LogP contribution >= 0.6 is 0 Å². The number of aromatic nitrogens is 1. The Kier molecular flexibility index (Phi) is 8.38. The zero-order chi connectivity index (χ0) is 26.6. The van der Waals surface area contributed by atoms with Crippen molar-refractivity contribution in [2.45, 2.75) is 89.6 Å². The van der Waals surface area contributed by atoms with Crippen molar-refractivity contribution in [3.8, 4) is 17.2 Å². The average Bonchev–Trinajstić information content (AvgIpc) is 2.86. The van der Waals surface area contributed by atoms with Gasteiger partial charge in [-0.1, -0.05) is 51.5 Å². The van der Waals surface area contributed by atoms with Crippen molar-refractivity contribution in [3.63, 3.8) is 0 Å². The summed E-state index contributed by atoms with van der Waals surface area (Å²) in [6, 6.07) is 9.76. The number of hydrogen-bond acceptors (Lipinski definition) is 4. The molecular formula is C30H39N3O3Si. The van der Waals surface area contributed by atoms with Crippen molar-refractivity contribution in [1.29, 1.82) is 0 Å². The minimum Gasteiger partial charge on any atom is -0.497 e. The number of benzene rings is 1. The Bertz CT molecular complexity index is 1190. The van der Waals surface area contributed by atoms with Crippen LogP contribution in [0.25, 0.3) is 0 Å². The Balaban J connectivity index is 1.75. The lowest BCUT2D eigenvalue weighted by Gasteiger charge is -2.43. The molecule has 0 unspecified atom stereocenters. The van der Waals surface area contributed by atoms with Gasteiger partial charge in [0.1, 0.15) is 19.5 Å². The first kappa shape index (κ1) is 26.9. The van der Waals surface area contributed by atoms with Gasteiger partial charge in [-0.05, 0) is 72.9 Å². The van der Waals surface area contributed by atoms with E-state index in [0.717, 1.165) is 61.8 Å². The van der Waals surface area contributed by atoms with Crippen molar-refractivity contribution in [2.75, 3.05) is 7.11 Å². The molecule has 1 aliphatic heterocycles. The SMILES string of the molecule is CCCC[C@H]1Cc2cc(OC)ccc2[C@H](c2ccc(C(=O)NC3CCC3)nc2)N1C(=O)C#C[Si](C)(C)C. The number of carbonyl (C=O) groups is 2. The summed E-state index contributed by atoms with van der Waals surface area (Å²) in [5.41, 5.74) is 6.80. The maximum Gasteiger partial charge on any atom is 0.298 e. The van der Waals surface area contributed by atoms with Gasteiger partial charge >= 0.3 is 0 Å². The second kappa shape index (κ2) is 11.5. The molecule has 0 spiro atoms. The zero-order valence-electron chi connectivity index (χ0n) is 22.8. The van der Waals surface area contributed by atoms with E-state index in [-0.39, 0.29) is 29.9 Å². The molecule has 7 heteroatoms. The van der Waals surface area contributed by atoms with Gasteiger partial charge in [0.2, 0.25) is 0 Å². The number of pyridine rings is 1. The molecule has 37 heavy (non-hydrogen) atoms. The van der Waals surface area contributed by atoms with Gasteiger partial charge in [0, 0.05) is 18.3 Å². The number of nitrogens with one attached hydrogen (secondary N) is 1. The maximum absolute atomic E-state index is 13.7. The van der Waals surface area contributed by atoms with Crippen LogP contribution in [-0.2, 0) is 11.2 Å². The van der Waals surface area contributed by atoms with E-state index in [0.29, 0.717) is 5.69 Å². The monoisotopic (exact) mass is 517 g/mol. The van der Waals surface area contributed by atoms with Crippen LogP contribution in [0.2, 0.25) is 19.6 Å². The number of fused-ring (bicyclic) bond motifs is 1. The van der Waals surface area contributed by atoms with Crippen LogP contribution in [0.1, 0.15) is 78.7 Å². The number of ether oxygens (including phenoxy) is 1. The second-order valence-corrected chi connectivity index (χ2v) is 16.0. The highest BCUT2D eigenvalue weighted by Gasteiger charge is 2.38. The fourth-order valence-electron chi connectivity index (χ4n) is 4.99. The van der Waals surface area contributed by atoms with Gasteiger partial charge in [-0.15, -0.1) is 5.54 Å². The smallest absolute Gasteiger partial charge is 0.298 e. The van der Waals surface area contributed by atoms with E-state index < -0.39 is 8.07 Å². The van der Waals surface area contributed by atoms with Gasteiger partial charge in [0.15, 0.2) is 0 Å². The highest BCUT2D eigenvalue weighted by Crippen LogP contribution is 2.40. The van der Waals surface area contributed by atoms with Gasteiger partial charge in [-0.25, -0.2) is 0 Å². The molecule has 2 amide bonds. The number of methoxy groups -OCH3 is 1. The van der Waals surface area contributed by atoms with Gasteiger partial charge in [-0.2, -0.15) is 0 Å². The lowest BCUT2D eigenvalue weighted by molar-refractivity contribution is -0.130. The quantitative estimate of drug-likeness (QED) is 0.400. The summed E-state index contributed by atoms with van der Waals surface area (Å²) in [5, 5.41) is 3.05. The van der Waals surface area contributed by atoms with E-state index in [1.807, 2.05) is 17.0 Å². The van der Waals surface area contributed by atoms with E-state index in [1.54, 1.807) is 19.4 Å². The molecule has 196 valence electrons. The van der Waals surface area contributed by atoms with Crippen molar-refractivity contribution in [2.24, 2.45) is 0 Å². The highest BCUT2D eigenvalue weighted by atomic mass is 28.3. The fourth-order valence-corrected chi connectivity index (χ4v) is 5.47. The lowest BCUT2D eigenvalue weighted by atomic mass is 9.83. The minimum atomic E-state index is -1.73. The molecule has 2 aliphatic rings. The number of unbranched alkanes of at least 4 members (excludes halogenated alkanes) is 1. The summed E-state index contributed by atoms with van der Waals surface area (Å²) in [7, 11) is -0.0541. The molecule has 0 radical (unpaired) electrons. The third-order valence-electron chi connectivity index (χ3n) is 7.22. The maximum atomic E-state index is 13.7. The summed E-state index contributed by atoms with van der Waals surface area (Å²) in [4.78, 5) is 32.9. The van der Waals surface area contributed by atoms with Crippen LogP contribution in [0.15, 0.2) is 36.5 Å². The Morgan fingerprint density at radius 1 is 1.19 bits per heavy atom. The Hall–Kier alpha value is -3.11. The van der Waals surface area contributed by atoms with E-state index in [2.05, 4.69) is 60.5 Å². The summed E-state index contributed by atoms with van der Waals surface area (Å²) < 4.78 is 5.52. The summed E-state index contributed by atoms with van der Waals surface area (Å²) in [6.07, 6.45) is 8.72. The Morgan fingerprint density at radius 2 is 1.97 bits per heavy atom. The first-order chi connectivity index (χ1) is 17.7. The van der Waals surface area contributed by atoms with Crippen LogP contribution in [-0.4, -0.2) is 49.0 Å². The number of nitrogens with zero attached hydrogens (tertiary/aromatic N) is 2. The fraction of sp³-hybridized carbons (Fsp3) is 0.500. The Morgan fingerprint density at radius 3 is 2.57 bits per heavy atom. The largest absolute Gasteiger partial charge is 0.497 e. The van der Waals surface area contributed by atoms with Crippen molar-refractivity contribution < 1.29 is 14.3 Å². The highest BCUT2D eigenvalue weighted by molar-refractivity contribution is 6.84. The molecule has 6 nitrogen and oxygen atoms in total. The predicted octanol–water partition coefficient (Wildman–Crippen LogP) is 5.29. The third-order valence-corrected chi connectivity index (χ3v) is 8.09. The summed E-state index contributed by atoms with van der Waals surface area (Å²) in [5.74, 6) is 3.54. The Labute approximate surface area is 222 Å². The molecule has 1 fully saturated rings. The molecule has 2 heterocycles. The molecule has 4 rings (SSSR count). The second-order valence-electron chi connectivity index (χ2n) is 11.3. The molecule has 2 aromatic rings. The molecule has 2 atom stereocenters. The minimum absolute atomic E-state index is 0.0228. The molecule has 1 N–H and O–H groups in total. The topological polar surface area (TPSA) is 71.5 Å². The number of carbonyl (C=O) groups excluding carboxylic acids is 2. The van der Waals surface area contributed by atoms with Crippen LogP contribution in [0.5, 0.6) is 5.75 Å². The standard InChI is InChI=1S/C30H39N3O3Si/c1-6-7-11-24-18-22-19-25(36-2)13-14-26(22)29(33(24)28(34)16-17-37(3,4)5)21-12-15-27(31-20-21)30(35)32-23-9-8-10-23/h12-15,19-20,23-24,29H,6-11,18H2,1-5H3,(H,32,35)/t24-,29-/m0/s1. The van der Waals surface area contributed by atoms with Crippen LogP contribution in [0, 0.1) is 11.5 Å². The molecule has 0 saturated heterocycles. The van der Waals surface area contributed by atoms with E-state index in [4.69, 9.17) is 4.74 Å². The molecule has 1 aromatic carbocycles. The molecule has 1 aliphatic carbocycles. The zero-order valence-corrected chi connectivity index (χ0v) is 23.8. The predicted molar refractivity (Wildman–Crippen MR) is 149 cm³/mol. The van der Waals surface area contributed by atoms with E-state index >= 15 is 0 Å². The summed E-state index contributed by atoms with van der Waals surface area (Å²) >= 11 is 0. The lowest BCUT2D eigenvalue weighted by Crippen LogP contribution is -2.47. The van der Waals surface area contributed by atoms with Crippen molar-refractivity contribution in [1.82, 2.24) is 15.2 Å². The molecule has 1 aromatic heterocycles. The van der Waals surface area contributed by atoms with Gasteiger partial charge in [0.25, 0.3) is 11.8 Å². The number of rotatable bonds is 7. The van der Waals surface area contributed by atoms with Gasteiger partial charge in [0.05, 0.1) is 13.2 Å². The van der Waals surface area contributed by atoms with Crippen LogP contribution < -0.4 is 10.1 Å². The van der Waals surface area contributed by atoms with Crippen molar-refractivity contribution in [3.05, 3.63) is 58.9 Å². The number of amides is 2. The normalized spacial score (nSPS) is 19.2. The average molecular weight is 518 g/mol. The molecule has 1 saturated carbocycles. The molecular weight excluding hydrogens is 478 g/mol. The first-order valence-electron chi connectivity index (χ1n) is 13.5. The van der Waals surface area contributed by atoms with Crippen LogP contribution in [0.3, 0.4) is 0 Å². The van der Waals surface area contributed by atoms with E-state index in [9.17, 15) is 9.59 Å². The third kappa shape index (κ3) is 6.42. The van der Waals surface area contributed by atoms with E-state index in [1.165, 1.54) is 5.56 Å². The number of hydrogen-bond donors (Lipinski definition) is 1. The van der Waals surface area contributed by atoms with Gasteiger partial charge in [-0.3, -0.25) is 14.6 Å². The van der Waals surface area contributed by atoms with Crippen molar-refractivity contribution >= 4 is 19.9 Å². The van der Waals surface area contributed by atoms with Gasteiger partial charge < -0.3 is 15.0 Å². The summed E-state index contributed by atoms with van der Waals surface area (Å²) in [6.45, 7) is 8.61.